The molecule has 1 N–H and O–H groups in total. The van der Waals surface area contributed by atoms with E-state index in [9.17, 15) is 4.79 Å². The summed E-state index contributed by atoms with van der Waals surface area (Å²) in [6.07, 6.45) is 6.60. The monoisotopic (exact) mass is 377 g/mol. The van der Waals surface area contributed by atoms with Crippen LogP contribution in [0.3, 0.4) is 0 Å². The Balaban J connectivity index is 1.24. The van der Waals surface area contributed by atoms with Gasteiger partial charge in [0.15, 0.2) is 11.5 Å². The Morgan fingerprint density at radius 3 is 2.63 bits per heavy atom. The molecular formula is C22H19NO3S. The number of thioether (sulfide) groups is 1. The number of fused-ring (bicyclic) bond motifs is 1. The molecule has 2 aliphatic carbocycles. The summed E-state index contributed by atoms with van der Waals surface area (Å²) in [4.78, 5) is 15.4. The predicted molar refractivity (Wildman–Crippen MR) is 105 cm³/mol. The maximum Gasteiger partial charge on any atom is 0.234 e. The highest BCUT2D eigenvalue weighted by molar-refractivity contribution is 8.03. The highest BCUT2D eigenvalue weighted by Crippen LogP contribution is 2.51. The van der Waals surface area contributed by atoms with Gasteiger partial charge in [0, 0.05) is 17.0 Å². The van der Waals surface area contributed by atoms with E-state index in [-0.39, 0.29) is 12.7 Å². The summed E-state index contributed by atoms with van der Waals surface area (Å²) in [6.45, 7) is 0.248. The minimum Gasteiger partial charge on any atom is -0.454 e. The summed E-state index contributed by atoms with van der Waals surface area (Å²) in [6, 6.07) is 16.1. The Kier molecular flexibility index (Phi) is 3.97. The molecule has 1 aliphatic heterocycles. The first-order chi connectivity index (χ1) is 13.2. The van der Waals surface area contributed by atoms with Gasteiger partial charge in [-0.1, -0.05) is 42.1 Å². The van der Waals surface area contributed by atoms with Gasteiger partial charge in [-0.2, -0.15) is 0 Å². The number of hydrogen-bond donors (Lipinski definition) is 1. The highest BCUT2D eigenvalue weighted by Gasteiger charge is 2.51. The van der Waals surface area contributed by atoms with Gasteiger partial charge in [-0.15, -0.1) is 0 Å². The molecule has 27 heavy (non-hydrogen) atoms. The summed E-state index contributed by atoms with van der Waals surface area (Å²) in [7, 11) is 0. The van der Waals surface area contributed by atoms with Gasteiger partial charge in [-0.3, -0.25) is 4.79 Å². The van der Waals surface area contributed by atoms with Crippen LogP contribution in [0.5, 0.6) is 11.5 Å². The van der Waals surface area contributed by atoms with E-state index in [4.69, 9.17) is 9.47 Å². The van der Waals surface area contributed by atoms with Crippen LogP contribution in [0.1, 0.15) is 24.8 Å². The minimum atomic E-state index is -0.433. The molecule has 2 aromatic rings. The smallest absolute Gasteiger partial charge is 0.234 e. The van der Waals surface area contributed by atoms with E-state index >= 15 is 0 Å². The summed E-state index contributed by atoms with van der Waals surface area (Å²) in [5.74, 6) is 1.56. The van der Waals surface area contributed by atoms with Crippen molar-refractivity contribution >= 4 is 17.7 Å². The van der Waals surface area contributed by atoms with Crippen molar-refractivity contribution in [3.8, 4) is 11.5 Å². The number of carbonyl (C=O) groups is 1. The molecule has 0 saturated heterocycles. The highest BCUT2D eigenvalue weighted by atomic mass is 32.2. The van der Waals surface area contributed by atoms with Gasteiger partial charge >= 0.3 is 0 Å². The molecule has 0 unspecified atom stereocenters. The molecule has 0 radical (unpaired) electrons. The van der Waals surface area contributed by atoms with Crippen LogP contribution in [0.25, 0.3) is 0 Å². The average Bonchev–Trinajstić information content (AvgIpc) is 3.17. The predicted octanol–water partition coefficient (Wildman–Crippen LogP) is 4.53. The van der Waals surface area contributed by atoms with Crippen molar-refractivity contribution < 1.29 is 14.3 Å². The largest absolute Gasteiger partial charge is 0.454 e. The van der Waals surface area contributed by atoms with Gasteiger partial charge in [-0.25, -0.2) is 0 Å². The van der Waals surface area contributed by atoms with Crippen molar-refractivity contribution in [1.29, 1.82) is 0 Å². The van der Waals surface area contributed by atoms with E-state index in [0.717, 1.165) is 42.0 Å². The topological polar surface area (TPSA) is 47.6 Å². The summed E-state index contributed by atoms with van der Waals surface area (Å²) in [5, 5.41) is 3.15. The van der Waals surface area contributed by atoms with Gasteiger partial charge in [0.2, 0.25) is 12.7 Å². The molecule has 136 valence electrons. The first-order valence-electron chi connectivity index (χ1n) is 9.07. The lowest BCUT2D eigenvalue weighted by Crippen LogP contribution is -2.33. The molecule has 0 bridgehead atoms. The van der Waals surface area contributed by atoms with Crippen molar-refractivity contribution in [2.24, 2.45) is 0 Å². The third-order valence-electron chi connectivity index (χ3n) is 5.21. The zero-order chi connectivity index (χ0) is 18.3. The van der Waals surface area contributed by atoms with Crippen LogP contribution in [0.2, 0.25) is 0 Å². The maximum atomic E-state index is 13.0. The third-order valence-corrected chi connectivity index (χ3v) is 6.26. The molecule has 5 heteroatoms. The van der Waals surface area contributed by atoms with Gasteiger partial charge in [0.1, 0.15) is 0 Å². The van der Waals surface area contributed by atoms with E-state index in [1.807, 2.05) is 42.5 Å². The van der Waals surface area contributed by atoms with Crippen LogP contribution >= 0.6 is 11.8 Å². The standard InChI is InChI=1S/C22H19NO3S/c24-21(22(10-11-22)15-6-9-19-20(12-15)26-14-25-19)23-16-7-8-18(13-16)27-17-4-2-1-3-5-17/h1-9,12H,10-11,13-14H2,(H,23,24). The second-order valence-electron chi connectivity index (χ2n) is 7.02. The number of benzene rings is 2. The van der Waals surface area contributed by atoms with E-state index in [0.29, 0.717) is 0 Å². The van der Waals surface area contributed by atoms with Crippen molar-refractivity contribution in [2.75, 3.05) is 6.79 Å². The van der Waals surface area contributed by atoms with Crippen LogP contribution in [0, 0.1) is 0 Å². The number of rotatable bonds is 5. The molecule has 1 heterocycles. The van der Waals surface area contributed by atoms with Crippen LogP contribution in [0.15, 0.2) is 76.2 Å². The number of hydrogen-bond acceptors (Lipinski definition) is 4. The number of allylic oxidation sites excluding steroid dienone is 3. The van der Waals surface area contributed by atoms with Crippen LogP contribution in [-0.2, 0) is 10.2 Å². The molecule has 2 aromatic carbocycles. The van der Waals surface area contributed by atoms with Crippen molar-refractivity contribution in [1.82, 2.24) is 5.32 Å². The zero-order valence-electron chi connectivity index (χ0n) is 14.7. The normalized spacial score (nSPS) is 18.7. The fourth-order valence-corrected chi connectivity index (χ4v) is 4.49. The summed E-state index contributed by atoms with van der Waals surface area (Å²) >= 11 is 1.74. The Bertz CT molecular complexity index is 961. The number of ether oxygens (including phenoxy) is 2. The van der Waals surface area contributed by atoms with E-state index in [1.165, 1.54) is 9.80 Å². The lowest BCUT2D eigenvalue weighted by atomic mass is 9.94. The van der Waals surface area contributed by atoms with Crippen molar-refractivity contribution in [2.45, 2.75) is 29.6 Å². The van der Waals surface area contributed by atoms with Crippen molar-refractivity contribution in [3.63, 3.8) is 0 Å². The Morgan fingerprint density at radius 1 is 1.00 bits per heavy atom. The van der Waals surface area contributed by atoms with Gasteiger partial charge in [0.25, 0.3) is 0 Å². The lowest BCUT2D eigenvalue weighted by Gasteiger charge is -2.17. The number of nitrogens with one attached hydrogen (secondary N) is 1. The summed E-state index contributed by atoms with van der Waals surface area (Å²) in [5.41, 5.74) is 1.54. The molecule has 0 spiro atoms. The van der Waals surface area contributed by atoms with E-state index in [1.54, 1.807) is 11.8 Å². The van der Waals surface area contributed by atoms with E-state index in [2.05, 4.69) is 23.5 Å². The van der Waals surface area contributed by atoms with Gasteiger partial charge in [0.05, 0.1) is 5.41 Å². The molecule has 1 fully saturated rings. The van der Waals surface area contributed by atoms with Gasteiger partial charge in [-0.05, 0) is 53.7 Å². The van der Waals surface area contributed by atoms with Crippen LogP contribution in [-0.4, -0.2) is 12.7 Å². The fraction of sp³-hybridized carbons (Fsp3) is 0.227. The molecule has 3 aliphatic rings. The molecule has 1 amide bonds. The Hall–Kier alpha value is -2.66. The minimum absolute atomic E-state index is 0.0759. The Labute approximate surface area is 162 Å². The van der Waals surface area contributed by atoms with Gasteiger partial charge < -0.3 is 14.8 Å². The molecule has 1 saturated carbocycles. The fourth-order valence-electron chi connectivity index (χ4n) is 3.53. The molecule has 4 nitrogen and oxygen atoms in total. The molecular weight excluding hydrogens is 358 g/mol. The second kappa shape index (κ2) is 6.50. The first-order valence-corrected chi connectivity index (χ1v) is 9.89. The number of carbonyl (C=O) groups excluding carboxylic acids is 1. The summed E-state index contributed by atoms with van der Waals surface area (Å²) < 4.78 is 10.8. The molecule has 0 atom stereocenters. The average molecular weight is 377 g/mol. The SMILES string of the molecule is O=C(NC1=CC=C(Sc2ccccc2)C1)C1(c2ccc3c(c2)OCO3)CC1. The maximum absolute atomic E-state index is 13.0. The number of amides is 1. The van der Waals surface area contributed by atoms with E-state index < -0.39 is 5.41 Å². The Morgan fingerprint density at radius 2 is 1.81 bits per heavy atom. The lowest BCUT2D eigenvalue weighted by molar-refractivity contribution is -0.122. The molecule has 5 rings (SSSR count). The second-order valence-corrected chi connectivity index (χ2v) is 8.22. The van der Waals surface area contributed by atoms with Crippen LogP contribution < -0.4 is 14.8 Å². The third kappa shape index (κ3) is 3.12. The van der Waals surface area contributed by atoms with Crippen LogP contribution in [0.4, 0.5) is 0 Å². The first kappa shape index (κ1) is 16.5. The van der Waals surface area contributed by atoms with Crippen molar-refractivity contribution in [3.05, 3.63) is 76.8 Å². The quantitative estimate of drug-likeness (QED) is 0.832. The molecule has 0 aromatic heterocycles. The zero-order valence-corrected chi connectivity index (χ0v) is 15.6.